The molecular weight excluding hydrogens is 302 g/mol. The number of carbonyl (C=O) groups excluding carboxylic acids is 1. The Morgan fingerprint density at radius 3 is 2.62 bits per heavy atom. The molecule has 0 fully saturated rings. The molecule has 0 saturated carbocycles. The first-order valence-electron chi connectivity index (χ1n) is 8.65. The summed E-state index contributed by atoms with van der Waals surface area (Å²) in [5.41, 5.74) is 8.65. The van der Waals surface area contributed by atoms with Crippen molar-refractivity contribution in [2.75, 3.05) is 26.8 Å². The van der Waals surface area contributed by atoms with Crippen molar-refractivity contribution in [2.45, 2.75) is 45.8 Å². The van der Waals surface area contributed by atoms with Crippen LogP contribution in [0.3, 0.4) is 0 Å². The number of rotatable bonds is 6. The van der Waals surface area contributed by atoms with Crippen LogP contribution in [0.2, 0.25) is 0 Å². The predicted molar refractivity (Wildman–Crippen MR) is 96.7 cm³/mol. The summed E-state index contributed by atoms with van der Waals surface area (Å²) < 4.78 is 4.98. The minimum absolute atomic E-state index is 0.0400. The Morgan fingerprint density at radius 2 is 2.00 bits per heavy atom. The number of benzene rings is 1. The van der Waals surface area contributed by atoms with Gasteiger partial charge >= 0.3 is 0 Å². The number of nitrogens with two attached hydrogens (primary N) is 1. The number of nitrogens with zero attached hydrogens (tertiary/aromatic N) is 1. The summed E-state index contributed by atoms with van der Waals surface area (Å²) in [6.07, 6.45) is 1.06. The zero-order valence-corrected chi connectivity index (χ0v) is 15.3. The highest BCUT2D eigenvalue weighted by atomic mass is 16.5. The molecule has 5 heteroatoms. The van der Waals surface area contributed by atoms with Crippen LogP contribution in [0.25, 0.3) is 0 Å². The summed E-state index contributed by atoms with van der Waals surface area (Å²) in [6.45, 7) is 9.46. The van der Waals surface area contributed by atoms with Gasteiger partial charge in [-0.2, -0.15) is 0 Å². The smallest absolute Gasteiger partial charge is 0.239 e. The van der Waals surface area contributed by atoms with Crippen LogP contribution in [0, 0.1) is 5.41 Å². The van der Waals surface area contributed by atoms with Gasteiger partial charge in [0.05, 0.1) is 6.61 Å². The van der Waals surface area contributed by atoms with Gasteiger partial charge in [-0.3, -0.25) is 9.69 Å². The number of methoxy groups -OCH3 is 1. The molecule has 1 heterocycles. The topological polar surface area (TPSA) is 67.6 Å². The predicted octanol–water partition coefficient (Wildman–Crippen LogP) is 1.55. The monoisotopic (exact) mass is 333 g/mol. The second-order valence-corrected chi connectivity index (χ2v) is 7.74. The SMILES string of the molecule is COCC(N)C(=O)NC(CN1CCc2ccccc2C1)C(C)(C)C. The highest BCUT2D eigenvalue weighted by Crippen LogP contribution is 2.24. The van der Waals surface area contributed by atoms with Gasteiger partial charge in [-0.25, -0.2) is 0 Å². The lowest BCUT2D eigenvalue weighted by Crippen LogP contribution is -2.55. The third-order valence-electron chi connectivity index (χ3n) is 4.70. The van der Waals surface area contributed by atoms with Crippen LogP contribution in [0.4, 0.5) is 0 Å². The molecule has 0 aliphatic carbocycles. The molecule has 0 spiro atoms. The molecule has 0 radical (unpaired) electrons. The molecule has 2 unspecified atom stereocenters. The van der Waals surface area contributed by atoms with Crippen LogP contribution in [-0.2, 0) is 22.5 Å². The normalized spacial score (nSPS) is 17.9. The summed E-state index contributed by atoms with van der Waals surface area (Å²) in [5.74, 6) is -0.144. The zero-order chi connectivity index (χ0) is 17.7. The van der Waals surface area contributed by atoms with E-state index in [0.717, 1.165) is 26.1 Å². The van der Waals surface area contributed by atoms with Crippen molar-refractivity contribution in [1.29, 1.82) is 0 Å². The largest absolute Gasteiger partial charge is 0.383 e. The van der Waals surface area contributed by atoms with Crippen molar-refractivity contribution in [1.82, 2.24) is 10.2 Å². The number of hydrogen-bond acceptors (Lipinski definition) is 4. The average molecular weight is 333 g/mol. The molecule has 1 amide bonds. The van der Waals surface area contributed by atoms with E-state index in [9.17, 15) is 4.79 Å². The van der Waals surface area contributed by atoms with E-state index < -0.39 is 6.04 Å². The first-order valence-corrected chi connectivity index (χ1v) is 8.65. The fourth-order valence-electron chi connectivity index (χ4n) is 3.04. The molecule has 1 aromatic carbocycles. The second kappa shape index (κ2) is 8.10. The second-order valence-electron chi connectivity index (χ2n) is 7.74. The first-order chi connectivity index (χ1) is 11.3. The Morgan fingerprint density at radius 1 is 1.33 bits per heavy atom. The lowest BCUT2D eigenvalue weighted by Gasteiger charge is -2.38. The van der Waals surface area contributed by atoms with E-state index in [4.69, 9.17) is 10.5 Å². The standard InChI is InChI=1S/C19H31N3O2/c1-19(2,3)17(21-18(23)16(20)13-24-4)12-22-10-9-14-7-5-6-8-15(14)11-22/h5-8,16-17H,9-13,20H2,1-4H3,(H,21,23). The van der Waals surface area contributed by atoms with Crippen molar-refractivity contribution < 1.29 is 9.53 Å². The van der Waals surface area contributed by atoms with Crippen LogP contribution < -0.4 is 11.1 Å². The minimum atomic E-state index is -0.623. The number of nitrogens with one attached hydrogen (secondary N) is 1. The molecule has 2 rings (SSSR count). The Balaban J connectivity index is 2.01. The Labute approximate surface area is 145 Å². The number of fused-ring (bicyclic) bond motifs is 1. The molecule has 134 valence electrons. The van der Waals surface area contributed by atoms with Crippen molar-refractivity contribution in [2.24, 2.45) is 11.1 Å². The number of hydrogen-bond donors (Lipinski definition) is 2. The molecule has 0 saturated heterocycles. The van der Waals surface area contributed by atoms with Crippen molar-refractivity contribution in [3.05, 3.63) is 35.4 Å². The third-order valence-corrected chi connectivity index (χ3v) is 4.70. The van der Waals surface area contributed by atoms with Gasteiger partial charge in [0.15, 0.2) is 0 Å². The molecular formula is C19H31N3O2. The highest BCUT2D eigenvalue weighted by Gasteiger charge is 2.30. The fraction of sp³-hybridized carbons (Fsp3) is 0.632. The average Bonchev–Trinajstić information content (AvgIpc) is 2.53. The molecule has 5 nitrogen and oxygen atoms in total. The number of ether oxygens (including phenoxy) is 1. The van der Waals surface area contributed by atoms with Gasteiger partial charge in [-0.05, 0) is 23.0 Å². The molecule has 1 aliphatic heterocycles. The summed E-state index contributed by atoms with van der Waals surface area (Å²) in [5, 5.41) is 3.13. The Kier molecular flexibility index (Phi) is 6.38. The van der Waals surface area contributed by atoms with Crippen molar-refractivity contribution >= 4 is 5.91 Å². The minimum Gasteiger partial charge on any atom is -0.383 e. The van der Waals surface area contributed by atoms with E-state index in [-0.39, 0.29) is 24.0 Å². The van der Waals surface area contributed by atoms with Crippen LogP contribution in [-0.4, -0.2) is 49.7 Å². The van der Waals surface area contributed by atoms with Gasteiger partial charge < -0.3 is 15.8 Å². The van der Waals surface area contributed by atoms with Gasteiger partial charge in [0, 0.05) is 32.8 Å². The van der Waals surface area contributed by atoms with Crippen LogP contribution in [0.15, 0.2) is 24.3 Å². The maximum atomic E-state index is 12.3. The summed E-state index contributed by atoms with van der Waals surface area (Å²) in [4.78, 5) is 14.7. The maximum absolute atomic E-state index is 12.3. The maximum Gasteiger partial charge on any atom is 0.239 e. The summed E-state index contributed by atoms with van der Waals surface area (Å²) >= 11 is 0. The lowest BCUT2D eigenvalue weighted by molar-refractivity contribution is -0.125. The lowest BCUT2D eigenvalue weighted by atomic mass is 9.85. The summed E-state index contributed by atoms with van der Waals surface area (Å²) in [7, 11) is 1.56. The van der Waals surface area contributed by atoms with E-state index in [1.165, 1.54) is 11.1 Å². The molecule has 0 bridgehead atoms. The van der Waals surface area contributed by atoms with Gasteiger partial charge in [-0.15, -0.1) is 0 Å². The highest BCUT2D eigenvalue weighted by molar-refractivity contribution is 5.82. The molecule has 0 aromatic heterocycles. The summed E-state index contributed by atoms with van der Waals surface area (Å²) in [6, 6.07) is 8.01. The van der Waals surface area contributed by atoms with E-state index in [1.54, 1.807) is 7.11 Å². The van der Waals surface area contributed by atoms with E-state index in [0.29, 0.717) is 0 Å². The van der Waals surface area contributed by atoms with E-state index >= 15 is 0 Å². The molecule has 1 aromatic rings. The van der Waals surface area contributed by atoms with Crippen molar-refractivity contribution in [3.8, 4) is 0 Å². The van der Waals surface area contributed by atoms with Crippen LogP contribution >= 0.6 is 0 Å². The Hall–Kier alpha value is -1.43. The van der Waals surface area contributed by atoms with E-state index in [1.807, 2.05) is 0 Å². The molecule has 3 N–H and O–H groups in total. The quantitative estimate of drug-likeness (QED) is 0.829. The zero-order valence-electron chi connectivity index (χ0n) is 15.3. The molecule has 24 heavy (non-hydrogen) atoms. The third kappa shape index (κ3) is 5.03. The molecule has 1 aliphatic rings. The van der Waals surface area contributed by atoms with Crippen molar-refractivity contribution in [3.63, 3.8) is 0 Å². The van der Waals surface area contributed by atoms with Crippen LogP contribution in [0.5, 0.6) is 0 Å². The van der Waals surface area contributed by atoms with Gasteiger partial charge in [0.1, 0.15) is 6.04 Å². The molecule has 2 atom stereocenters. The number of carbonyl (C=O) groups is 1. The van der Waals surface area contributed by atoms with Crippen LogP contribution in [0.1, 0.15) is 31.9 Å². The number of amides is 1. The Bertz CT molecular complexity index is 554. The fourth-order valence-corrected chi connectivity index (χ4v) is 3.04. The van der Waals surface area contributed by atoms with Gasteiger partial charge in [0.2, 0.25) is 5.91 Å². The van der Waals surface area contributed by atoms with E-state index in [2.05, 4.69) is 55.3 Å². The van der Waals surface area contributed by atoms with Gasteiger partial charge in [-0.1, -0.05) is 45.0 Å². The van der Waals surface area contributed by atoms with Gasteiger partial charge in [0.25, 0.3) is 0 Å². The first kappa shape index (κ1) is 18.9.